The molecule has 0 spiro atoms. The zero-order valence-electron chi connectivity index (χ0n) is 14.8. The smallest absolute Gasteiger partial charge is 0.158 e. The van der Waals surface area contributed by atoms with Crippen LogP contribution in [0.3, 0.4) is 0 Å². The van der Waals surface area contributed by atoms with Crippen molar-refractivity contribution in [2.45, 2.75) is 0 Å². The zero-order valence-corrected chi connectivity index (χ0v) is 16.4. The van der Waals surface area contributed by atoms with Crippen molar-refractivity contribution >= 4 is 33.2 Å². The van der Waals surface area contributed by atoms with Gasteiger partial charge in [0.05, 0.1) is 26.0 Å². The first kappa shape index (κ1) is 17.9. The highest BCUT2D eigenvalue weighted by atomic mass is 79.9. The number of fused-ring (bicyclic) bond motifs is 1. The maximum atomic E-state index is 14.4. The van der Waals surface area contributed by atoms with Gasteiger partial charge in [-0.15, -0.1) is 0 Å². The molecule has 1 fully saturated rings. The third-order valence-corrected chi connectivity index (χ3v) is 4.98. The summed E-state index contributed by atoms with van der Waals surface area (Å²) in [5, 5.41) is 4.62. The molecule has 8 heteroatoms. The third-order valence-electron chi connectivity index (χ3n) is 4.48. The van der Waals surface area contributed by atoms with Gasteiger partial charge in [-0.05, 0) is 18.2 Å². The van der Waals surface area contributed by atoms with Crippen LogP contribution in [0.1, 0.15) is 5.69 Å². The Morgan fingerprint density at radius 1 is 1.26 bits per heavy atom. The molecule has 2 aromatic heterocycles. The van der Waals surface area contributed by atoms with Crippen molar-refractivity contribution in [3.8, 4) is 11.3 Å². The number of methoxy groups -OCH3 is 1. The van der Waals surface area contributed by atoms with Crippen molar-refractivity contribution in [3.63, 3.8) is 0 Å². The molecule has 140 valence electrons. The van der Waals surface area contributed by atoms with E-state index in [2.05, 4.69) is 37.5 Å². The molecular weight excluding hydrogens is 415 g/mol. The number of rotatable bonds is 4. The van der Waals surface area contributed by atoms with Crippen molar-refractivity contribution in [1.29, 1.82) is 0 Å². The Balaban J connectivity index is 1.88. The summed E-state index contributed by atoms with van der Waals surface area (Å²) < 4.78 is 27.5. The molecule has 6 nitrogen and oxygen atoms in total. The summed E-state index contributed by atoms with van der Waals surface area (Å²) in [5.74, 6) is 0.965. The van der Waals surface area contributed by atoms with Gasteiger partial charge in [0.15, 0.2) is 5.65 Å². The van der Waals surface area contributed by atoms with Crippen molar-refractivity contribution < 1.29 is 13.9 Å². The van der Waals surface area contributed by atoms with Gasteiger partial charge in [0.2, 0.25) is 0 Å². The first-order valence-corrected chi connectivity index (χ1v) is 9.28. The number of aromatic nitrogens is 3. The topological polar surface area (TPSA) is 51.9 Å². The molecule has 0 radical (unpaired) electrons. The summed E-state index contributed by atoms with van der Waals surface area (Å²) in [6.07, 6.45) is 0. The Labute approximate surface area is 164 Å². The lowest BCUT2D eigenvalue weighted by Crippen LogP contribution is -2.37. The van der Waals surface area contributed by atoms with Crippen molar-refractivity contribution in [2.75, 3.05) is 38.3 Å². The van der Waals surface area contributed by atoms with Crippen LogP contribution in [0.25, 0.3) is 22.7 Å². The maximum absolute atomic E-state index is 14.4. The highest BCUT2D eigenvalue weighted by molar-refractivity contribution is 9.10. The molecule has 0 atom stereocenters. The van der Waals surface area contributed by atoms with E-state index in [0.717, 1.165) is 18.9 Å². The van der Waals surface area contributed by atoms with E-state index in [4.69, 9.17) is 9.47 Å². The van der Waals surface area contributed by atoms with Crippen LogP contribution in [-0.4, -0.2) is 48.0 Å². The van der Waals surface area contributed by atoms with Gasteiger partial charge in [-0.1, -0.05) is 22.5 Å². The van der Waals surface area contributed by atoms with E-state index in [1.807, 2.05) is 6.07 Å². The van der Waals surface area contributed by atoms with Gasteiger partial charge in [-0.3, -0.25) is 0 Å². The first-order chi connectivity index (χ1) is 13.1. The largest absolute Gasteiger partial charge is 0.495 e. The number of benzene rings is 1. The van der Waals surface area contributed by atoms with E-state index in [9.17, 15) is 4.39 Å². The minimum absolute atomic E-state index is 0.345. The summed E-state index contributed by atoms with van der Waals surface area (Å²) in [6.45, 7) is 6.65. The number of nitrogens with zero attached hydrogens (tertiary/aromatic N) is 4. The number of ether oxygens (including phenoxy) is 2. The van der Waals surface area contributed by atoms with Crippen LogP contribution in [0, 0.1) is 5.82 Å². The van der Waals surface area contributed by atoms with Crippen molar-refractivity contribution in [3.05, 3.63) is 52.9 Å². The van der Waals surface area contributed by atoms with E-state index in [1.54, 1.807) is 29.8 Å². The van der Waals surface area contributed by atoms with Crippen LogP contribution < -0.4 is 4.90 Å². The van der Waals surface area contributed by atoms with Gasteiger partial charge in [0.1, 0.15) is 23.1 Å². The van der Waals surface area contributed by atoms with E-state index >= 15 is 0 Å². The van der Waals surface area contributed by atoms with Gasteiger partial charge in [0.25, 0.3) is 0 Å². The molecule has 4 rings (SSSR count). The molecule has 1 aliphatic heterocycles. The lowest BCUT2D eigenvalue weighted by molar-refractivity contribution is 0.122. The van der Waals surface area contributed by atoms with Gasteiger partial charge in [-0.2, -0.15) is 9.61 Å². The number of hydrogen-bond acceptors (Lipinski definition) is 5. The predicted molar refractivity (Wildman–Crippen MR) is 105 cm³/mol. The van der Waals surface area contributed by atoms with Gasteiger partial charge in [-0.25, -0.2) is 9.37 Å². The molecule has 3 aromatic rings. The average Bonchev–Trinajstić information content (AvgIpc) is 3.11. The van der Waals surface area contributed by atoms with Crippen LogP contribution in [-0.2, 0) is 9.47 Å². The molecule has 1 aromatic carbocycles. The Morgan fingerprint density at radius 2 is 2.04 bits per heavy atom. The highest BCUT2D eigenvalue weighted by Gasteiger charge is 2.20. The summed E-state index contributed by atoms with van der Waals surface area (Å²) in [7, 11) is 1.56. The number of halogens is 2. The van der Waals surface area contributed by atoms with Crippen LogP contribution in [0.4, 0.5) is 10.2 Å². The van der Waals surface area contributed by atoms with Gasteiger partial charge < -0.3 is 14.4 Å². The molecule has 0 N–H and O–H groups in total. The maximum Gasteiger partial charge on any atom is 0.158 e. The predicted octanol–water partition coefficient (Wildman–Crippen LogP) is 3.75. The van der Waals surface area contributed by atoms with Crippen LogP contribution >= 0.6 is 15.9 Å². The number of anilines is 1. The highest BCUT2D eigenvalue weighted by Crippen LogP contribution is 2.28. The van der Waals surface area contributed by atoms with Crippen molar-refractivity contribution in [1.82, 2.24) is 14.6 Å². The van der Waals surface area contributed by atoms with E-state index < -0.39 is 0 Å². The quantitative estimate of drug-likeness (QED) is 0.587. The van der Waals surface area contributed by atoms with E-state index in [1.165, 1.54) is 6.07 Å². The fourth-order valence-corrected chi connectivity index (χ4v) is 3.39. The Morgan fingerprint density at radius 3 is 2.74 bits per heavy atom. The second kappa shape index (κ2) is 7.28. The second-order valence-electron chi connectivity index (χ2n) is 6.15. The molecule has 0 amide bonds. The second-order valence-corrected chi connectivity index (χ2v) is 7.07. The normalized spacial score (nSPS) is 14.6. The summed E-state index contributed by atoms with van der Waals surface area (Å²) in [5.41, 5.74) is 2.16. The van der Waals surface area contributed by atoms with Crippen LogP contribution in [0.5, 0.6) is 0 Å². The Hall–Kier alpha value is -2.45. The zero-order chi connectivity index (χ0) is 19.0. The summed E-state index contributed by atoms with van der Waals surface area (Å²) in [4.78, 5) is 6.75. The molecule has 1 saturated heterocycles. The average molecular weight is 433 g/mol. The monoisotopic (exact) mass is 432 g/mol. The van der Waals surface area contributed by atoms with Gasteiger partial charge >= 0.3 is 0 Å². The molecule has 0 unspecified atom stereocenters. The van der Waals surface area contributed by atoms with Crippen LogP contribution in [0.2, 0.25) is 0 Å². The summed E-state index contributed by atoms with van der Waals surface area (Å²) in [6, 6.07) is 8.57. The van der Waals surface area contributed by atoms with Crippen molar-refractivity contribution in [2.24, 2.45) is 0 Å². The lowest BCUT2D eigenvalue weighted by atomic mass is 10.1. The minimum Gasteiger partial charge on any atom is -0.495 e. The fraction of sp³-hybridized carbons (Fsp3) is 0.263. The SMILES string of the molecule is C=C(OC)c1cc(N2CCOCC2)n2nc(-c3ccc(Br)cc3F)cc2n1. The Bertz CT molecular complexity index is 1010. The van der Waals surface area contributed by atoms with E-state index in [-0.39, 0.29) is 5.82 Å². The minimum atomic E-state index is -0.345. The number of hydrogen-bond donors (Lipinski definition) is 0. The van der Waals surface area contributed by atoms with Gasteiger partial charge in [0, 0.05) is 35.3 Å². The van der Waals surface area contributed by atoms with E-state index in [0.29, 0.717) is 46.0 Å². The lowest BCUT2D eigenvalue weighted by Gasteiger charge is -2.29. The molecule has 3 heterocycles. The van der Waals surface area contributed by atoms with Crippen LogP contribution in [0.15, 0.2) is 41.4 Å². The molecule has 27 heavy (non-hydrogen) atoms. The molecule has 0 bridgehead atoms. The third kappa shape index (κ3) is 3.42. The fourth-order valence-electron chi connectivity index (χ4n) is 3.05. The molecule has 0 saturated carbocycles. The summed E-state index contributed by atoms with van der Waals surface area (Å²) >= 11 is 3.28. The standard InChI is InChI=1S/C19H18BrFN4O2/c1-12(26-2)16-11-19(24-5-7-27-8-6-24)25-18(22-16)10-17(23-25)14-4-3-13(20)9-15(14)21/h3-4,9-11H,1,5-8H2,2H3. The molecule has 0 aliphatic carbocycles. The molecular formula is C19H18BrFN4O2. The number of morpholine rings is 1. The molecule has 1 aliphatic rings. The first-order valence-electron chi connectivity index (χ1n) is 8.49. The Kier molecular flexibility index (Phi) is 4.84.